The van der Waals surface area contributed by atoms with Gasteiger partial charge in [0.1, 0.15) is 5.65 Å². The molecule has 0 unspecified atom stereocenters. The number of imidazole rings is 1. The lowest BCUT2D eigenvalue weighted by atomic mass is 10.1. The first-order chi connectivity index (χ1) is 14.2. The maximum atomic E-state index is 12.7. The first-order valence-corrected chi connectivity index (χ1v) is 7.01. The van der Waals surface area contributed by atoms with Gasteiger partial charge in [-0.3, -0.25) is 4.79 Å². The molecule has 4 heteroatoms. The molecule has 4 nitrogen and oxygen atoms in total. The van der Waals surface area contributed by atoms with E-state index in [1.54, 1.807) is 24.3 Å². The summed E-state index contributed by atoms with van der Waals surface area (Å²) in [6.07, 6.45) is -3.40. The molecule has 0 aliphatic carbocycles. The summed E-state index contributed by atoms with van der Waals surface area (Å²) in [5.41, 5.74) is 0.0528. The number of amides is 1. The van der Waals surface area contributed by atoms with Crippen molar-refractivity contribution in [2.24, 2.45) is 0 Å². The third kappa shape index (κ3) is 2.97. The predicted octanol–water partition coefficient (Wildman–Crippen LogP) is 3.25. The van der Waals surface area contributed by atoms with Gasteiger partial charge in [-0.05, 0) is 25.4 Å². The number of aryl methyl sites for hydroxylation is 1. The zero-order valence-electron chi connectivity index (χ0n) is 21.1. The quantitative estimate of drug-likeness (QED) is 0.744. The van der Waals surface area contributed by atoms with Gasteiger partial charge in [0.25, 0.3) is 0 Å². The van der Waals surface area contributed by atoms with Gasteiger partial charge in [-0.15, -0.1) is 0 Å². The molecular formula is C19H21N3O. The molecule has 0 aliphatic rings. The molecule has 0 saturated heterocycles. The SMILES string of the molecule is [2H]c1c(C([2H])([2H])[2H])c([2H])n2c(C([2H])([2H])C(=O)N(C)C)c(-c3ccc(C)cc3)nc2c1[2H]. The summed E-state index contributed by atoms with van der Waals surface area (Å²) < 4.78 is 66.0. The second kappa shape index (κ2) is 5.88. The van der Waals surface area contributed by atoms with Crippen LogP contribution in [0.2, 0.25) is 0 Å². The van der Waals surface area contributed by atoms with Gasteiger partial charge in [0.15, 0.2) is 0 Å². The summed E-state index contributed by atoms with van der Waals surface area (Å²) in [5.74, 6) is -0.932. The fourth-order valence-electron chi connectivity index (χ4n) is 2.11. The van der Waals surface area contributed by atoms with E-state index >= 15 is 0 Å². The zero-order chi connectivity index (χ0) is 23.5. The van der Waals surface area contributed by atoms with Crippen molar-refractivity contribution in [3.63, 3.8) is 0 Å². The number of hydrogen-bond donors (Lipinski definition) is 0. The van der Waals surface area contributed by atoms with E-state index in [0.717, 1.165) is 14.9 Å². The molecule has 0 saturated carbocycles. The van der Waals surface area contributed by atoms with Gasteiger partial charge < -0.3 is 9.30 Å². The molecule has 2 aromatic heterocycles. The number of carbonyl (C=O) groups is 1. The largest absolute Gasteiger partial charge is 0.348 e. The topological polar surface area (TPSA) is 37.6 Å². The molecule has 3 aromatic rings. The van der Waals surface area contributed by atoms with Crippen molar-refractivity contribution < 1.29 is 15.8 Å². The van der Waals surface area contributed by atoms with Crippen molar-refractivity contribution in [2.75, 3.05) is 14.1 Å². The Morgan fingerprint density at radius 2 is 2.04 bits per heavy atom. The summed E-state index contributed by atoms with van der Waals surface area (Å²) in [5, 5.41) is 0. The van der Waals surface area contributed by atoms with E-state index in [4.69, 9.17) is 11.0 Å². The first kappa shape index (κ1) is 8.29. The summed E-state index contributed by atoms with van der Waals surface area (Å²) in [4.78, 5) is 18.1. The van der Waals surface area contributed by atoms with Gasteiger partial charge in [0.05, 0.1) is 21.9 Å². The summed E-state index contributed by atoms with van der Waals surface area (Å²) >= 11 is 0. The number of hydrogen-bond acceptors (Lipinski definition) is 2. The molecular weight excluding hydrogens is 286 g/mol. The van der Waals surface area contributed by atoms with Gasteiger partial charge in [0, 0.05) is 32.7 Å². The Balaban J connectivity index is 2.56. The molecule has 0 aliphatic heterocycles. The predicted molar refractivity (Wildman–Crippen MR) is 92.5 cm³/mol. The minimum absolute atomic E-state index is 0.00397. The van der Waals surface area contributed by atoms with E-state index in [0.29, 0.717) is 5.56 Å². The molecule has 0 fully saturated rings. The number of nitrogens with zero attached hydrogens (tertiary/aromatic N) is 3. The molecule has 3 rings (SSSR count). The molecule has 118 valence electrons. The summed E-state index contributed by atoms with van der Waals surface area (Å²) in [6, 6.07) is 5.62. The fraction of sp³-hybridized carbons (Fsp3) is 0.263. The Morgan fingerprint density at radius 1 is 1.30 bits per heavy atom. The molecule has 0 bridgehead atoms. The van der Waals surface area contributed by atoms with Crippen molar-refractivity contribution in [1.82, 2.24) is 14.3 Å². The highest BCUT2D eigenvalue weighted by Gasteiger charge is 2.18. The Morgan fingerprint density at radius 3 is 2.70 bits per heavy atom. The Kier molecular flexibility index (Phi) is 2.12. The molecule has 0 atom stereocenters. The van der Waals surface area contributed by atoms with E-state index in [2.05, 4.69) is 4.98 Å². The first-order valence-electron chi connectivity index (χ1n) is 11.0. The standard InChI is InChI=1S/C19H21N3O/c1-13-5-8-15(9-6-13)19-16(11-18(23)21(3)4)22-12-14(2)7-10-17(22)20-19/h5-10,12H,11H2,1-4H3/i2D3,7D,10D,11D2,12D. The number of pyridine rings is 1. The van der Waals surface area contributed by atoms with Crippen LogP contribution in [0.1, 0.15) is 27.8 Å². The lowest BCUT2D eigenvalue weighted by Gasteiger charge is -2.11. The van der Waals surface area contributed by atoms with Gasteiger partial charge in [-0.25, -0.2) is 4.98 Å². The van der Waals surface area contributed by atoms with E-state index in [1.165, 1.54) is 14.1 Å². The molecule has 0 spiro atoms. The molecule has 0 N–H and O–H groups in total. The third-order valence-electron chi connectivity index (χ3n) is 3.36. The van der Waals surface area contributed by atoms with Crippen molar-refractivity contribution in [3.8, 4) is 11.3 Å². The minimum atomic E-state index is -2.89. The maximum absolute atomic E-state index is 12.7. The van der Waals surface area contributed by atoms with Crippen molar-refractivity contribution in [2.45, 2.75) is 20.1 Å². The number of rotatable bonds is 3. The molecule has 1 aromatic carbocycles. The average Bonchev–Trinajstić information content (AvgIpc) is 3.07. The number of likely N-dealkylation sites (N-methyl/N-ethyl adjacent to an activating group) is 1. The van der Waals surface area contributed by atoms with Crippen molar-refractivity contribution in [3.05, 3.63) is 59.3 Å². The smallest absolute Gasteiger partial charge is 0.228 e. The van der Waals surface area contributed by atoms with Crippen molar-refractivity contribution >= 4 is 11.6 Å². The number of benzene rings is 1. The van der Waals surface area contributed by atoms with E-state index in [9.17, 15) is 4.79 Å². The van der Waals surface area contributed by atoms with E-state index in [1.807, 2.05) is 6.92 Å². The van der Waals surface area contributed by atoms with Gasteiger partial charge in [0.2, 0.25) is 5.91 Å². The lowest BCUT2D eigenvalue weighted by Crippen LogP contribution is -2.24. The second-order valence-corrected chi connectivity index (χ2v) is 5.40. The Labute approximate surface area is 147 Å². The van der Waals surface area contributed by atoms with Crippen LogP contribution in [0.4, 0.5) is 0 Å². The van der Waals surface area contributed by atoms with Crippen LogP contribution in [-0.4, -0.2) is 34.3 Å². The Bertz CT molecular complexity index is 1180. The third-order valence-corrected chi connectivity index (χ3v) is 3.36. The second-order valence-electron chi connectivity index (χ2n) is 5.40. The number of fused-ring (bicyclic) bond motifs is 1. The Hall–Kier alpha value is -2.62. The van der Waals surface area contributed by atoms with Crippen LogP contribution < -0.4 is 0 Å². The van der Waals surface area contributed by atoms with Crippen LogP contribution in [-0.2, 0) is 11.2 Å². The van der Waals surface area contributed by atoms with Crippen LogP contribution in [0.25, 0.3) is 16.9 Å². The monoisotopic (exact) mass is 315 g/mol. The summed E-state index contributed by atoms with van der Waals surface area (Å²) in [6.45, 7) is -1.02. The molecule has 23 heavy (non-hydrogen) atoms. The van der Waals surface area contributed by atoms with Crippen LogP contribution in [0.15, 0.2) is 42.5 Å². The fourth-order valence-corrected chi connectivity index (χ4v) is 2.11. The number of carbonyl (C=O) groups excluding carboxylic acids is 1. The van der Waals surface area contributed by atoms with Gasteiger partial charge in [-0.2, -0.15) is 0 Å². The van der Waals surface area contributed by atoms with Crippen molar-refractivity contribution in [1.29, 1.82) is 0 Å². The van der Waals surface area contributed by atoms with Crippen LogP contribution in [0.5, 0.6) is 0 Å². The zero-order valence-corrected chi connectivity index (χ0v) is 13.1. The highest BCUT2D eigenvalue weighted by atomic mass is 16.2. The molecule has 2 heterocycles. The lowest BCUT2D eigenvalue weighted by molar-refractivity contribution is -0.128. The number of aromatic nitrogens is 2. The van der Waals surface area contributed by atoms with Gasteiger partial charge in [-0.1, -0.05) is 35.9 Å². The van der Waals surface area contributed by atoms with E-state index in [-0.39, 0.29) is 17.0 Å². The highest BCUT2D eigenvalue weighted by molar-refractivity contribution is 5.81. The molecule has 1 amide bonds. The van der Waals surface area contributed by atoms with Gasteiger partial charge >= 0.3 is 0 Å². The van der Waals surface area contributed by atoms with Crippen LogP contribution >= 0.6 is 0 Å². The molecule has 0 radical (unpaired) electrons. The normalized spacial score (nSPS) is 17.2. The van der Waals surface area contributed by atoms with Crippen LogP contribution in [0.3, 0.4) is 0 Å². The van der Waals surface area contributed by atoms with E-state index < -0.39 is 43.0 Å². The average molecular weight is 315 g/mol. The summed E-state index contributed by atoms with van der Waals surface area (Å²) in [7, 11) is 2.75. The maximum Gasteiger partial charge on any atom is 0.228 e. The minimum Gasteiger partial charge on any atom is -0.348 e. The highest BCUT2D eigenvalue weighted by Crippen LogP contribution is 2.26. The van der Waals surface area contributed by atoms with Crippen LogP contribution in [0, 0.1) is 13.8 Å².